The van der Waals surface area contributed by atoms with E-state index in [0.29, 0.717) is 17.1 Å². The molecule has 1 aromatic carbocycles. The average molecular weight is 369 g/mol. The van der Waals surface area contributed by atoms with Crippen molar-refractivity contribution in [2.75, 3.05) is 31.1 Å². The Morgan fingerprint density at radius 1 is 1.19 bits per heavy atom. The van der Waals surface area contributed by atoms with E-state index in [0.717, 1.165) is 42.9 Å². The molecular formula is C18H20N5O2P. The largest absolute Gasteiger partial charge is 0.455 e. The molecule has 26 heavy (non-hydrogen) atoms. The van der Waals surface area contributed by atoms with Gasteiger partial charge < -0.3 is 20.4 Å². The zero-order chi connectivity index (χ0) is 18.1. The van der Waals surface area contributed by atoms with Crippen molar-refractivity contribution in [1.29, 1.82) is 0 Å². The highest BCUT2D eigenvalue weighted by molar-refractivity contribution is 7.13. The molecule has 3 N–H and O–H groups in total. The zero-order valence-corrected chi connectivity index (χ0v) is 15.3. The van der Waals surface area contributed by atoms with E-state index in [-0.39, 0.29) is 0 Å². The fourth-order valence-corrected chi connectivity index (χ4v) is 3.31. The molecule has 1 atom stereocenters. The number of nitrogens with two attached hydrogens (primary N) is 1. The summed E-state index contributed by atoms with van der Waals surface area (Å²) < 4.78 is 8.19. The molecule has 3 aromatic rings. The molecule has 3 heterocycles. The number of H-pyrrole nitrogens is 1. The number of nitrogens with one attached hydrogen (secondary N) is 1. The second-order valence-electron chi connectivity index (χ2n) is 6.26. The maximum Gasteiger partial charge on any atom is 0.252 e. The number of carbonyl (C=O) groups excluding carboxylic acids is 1. The Bertz CT molecular complexity index is 950. The van der Waals surface area contributed by atoms with Gasteiger partial charge in [-0.1, -0.05) is 9.39 Å². The number of nitrogens with zero attached hydrogens (tertiary/aromatic N) is 3. The number of fused-ring (bicyclic) bond motifs is 1. The summed E-state index contributed by atoms with van der Waals surface area (Å²) in [5, 5.41) is 0.941. The number of carbonyl (C=O) groups is 1. The molecule has 0 bridgehead atoms. The number of amides is 1. The van der Waals surface area contributed by atoms with Crippen LogP contribution >= 0.6 is 9.39 Å². The number of aromatic amines is 1. The quantitative estimate of drug-likeness (QED) is 0.690. The maximum absolute atomic E-state index is 11.8. The zero-order valence-electron chi connectivity index (χ0n) is 14.2. The van der Waals surface area contributed by atoms with Crippen LogP contribution in [0.15, 0.2) is 42.7 Å². The minimum absolute atomic E-state index is 0.354. The van der Waals surface area contributed by atoms with Gasteiger partial charge >= 0.3 is 0 Å². The van der Waals surface area contributed by atoms with Crippen molar-refractivity contribution in [3.05, 3.63) is 48.3 Å². The van der Waals surface area contributed by atoms with Crippen LogP contribution in [0.25, 0.3) is 11.0 Å². The smallest absolute Gasteiger partial charge is 0.252 e. The summed E-state index contributed by atoms with van der Waals surface area (Å²) in [6, 6.07) is 9.31. The van der Waals surface area contributed by atoms with E-state index in [9.17, 15) is 4.79 Å². The lowest BCUT2D eigenvalue weighted by molar-refractivity contribution is 0.0998. The number of primary amides is 1. The number of rotatable bonds is 4. The van der Waals surface area contributed by atoms with Gasteiger partial charge in [0.25, 0.3) is 5.91 Å². The Morgan fingerprint density at radius 2 is 2.00 bits per heavy atom. The summed E-state index contributed by atoms with van der Waals surface area (Å²) in [4.78, 5) is 21.4. The second kappa shape index (κ2) is 6.94. The summed E-state index contributed by atoms with van der Waals surface area (Å²) in [6.45, 7) is 3.75. The molecule has 0 radical (unpaired) electrons. The molecule has 1 aliphatic rings. The number of pyridine rings is 1. The van der Waals surface area contributed by atoms with E-state index in [1.165, 1.54) is 0 Å². The molecule has 8 heteroatoms. The number of ether oxygens (including phenoxy) is 1. The van der Waals surface area contributed by atoms with Crippen LogP contribution < -0.4 is 15.4 Å². The highest BCUT2D eigenvalue weighted by Gasteiger charge is 2.18. The van der Waals surface area contributed by atoms with Crippen molar-refractivity contribution in [2.24, 2.45) is 5.73 Å². The predicted octanol–water partition coefficient (Wildman–Crippen LogP) is 2.37. The maximum atomic E-state index is 11.8. The van der Waals surface area contributed by atoms with Crippen molar-refractivity contribution < 1.29 is 9.53 Å². The van der Waals surface area contributed by atoms with Gasteiger partial charge in [-0.2, -0.15) is 0 Å². The molecule has 7 nitrogen and oxygen atoms in total. The van der Waals surface area contributed by atoms with E-state index in [4.69, 9.17) is 10.5 Å². The van der Waals surface area contributed by atoms with E-state index in [1.807, 2.05) is 30.5 Å². The molecular weight excluding hydrogens is 349 g/mol. The highest BCUT2D eigenvalue weighted by atomic mass is 31.0. The number of benzene rings is 1. The summed E-state index contributed by atoms with van der Waals surface area (Å²) in [7, 11) is 2.73. The molecule has 1 amide bonds. The molecule has 1 saturated heterocycles. The van der Waals surface area contributed by atoms with Crippen molar-refractivity contribution in [3.8, 4) is 11.5 Å². The van der Waals surface area contributed by atoms with Gasteiger partial charge in [-0.25, -0.2) is 4.98 Å². The highest BCUT2D eigenvalue weighted by Crippen LogP contribution is 2.31. The van der Waals surface area contributed by atoms with Crippen LogP contribution in [0.4, 0.5) is 5.69 Å². The van der Waals surface area contributed by atoms with Crippen LogP contribution in [-0.4, -0.2) is 46.7 Å². The normalized spacial score (nSPS) is 15.3. The van der Waals surface area contributed by atoms with Gasteiger partial charge in [-0.3, -0.25) is 9.46 Å². The monoisotopic (exact) mass is 369 g/mol. The van der Waals surface area contributed by atoms with Crippen LogP contribution in [0, 0.1) is 0 Å². The number of anilines is 1. The Kier molecular flexibility index (Phi) is 4.49. The lowest BCUT2D eigenvalue weighted by Crippen LogP contribution is -2.42. The molecule has 0 aliphatic carbocycles. The lowest BCUT2D eigenvalue weighted by Gasteiger charge is -2.34. The first-order chi connectivity index (χ1) is 12.6. The van der Waals surface area contributed by atoms with Crippen molar-refractivity contribution in [1.82, 2.24) is 14.6 Å². The number of hydrogen-bond acceptors (Lipinski definition) is 5. The van der Waals surface area contributed by atoms with Crippen molar-refractivity contribution >= 4 is 32.0 Å². The summed E-state index contributed by atoms with van der Waals surface area (Å²) in [5.74, 6) is 0.489. The molecule has 1 fully saturated rings. The third-order valence-corrected chi connectivity index (χ3v) is 5.03. The first-order valence-electron chi connectivity index (χ1n) is 8.39. The predicted molar refractivity (Wildman–Crippen MR) is 105 cm³/mol. The van der Waals surface area contributed by atoms with Crippen LogP contribution in [0.1, 0.15) is 10.4 Å². The van der Waals surface area contributed by atoms with Crippen LogP contribution in [0.2, 0.25) is 0 Å². The van der Waals surface area contributed by atoms with Crippen LogP contribution in [-0.2, 0) is 0 Å². The minimum atomic E-state index is -0.517. The van der Waals surface area contributed by atoms with Gasteiger partial charge in [0, 0.05) is 49.5 Å². The Balaban J connectivity index is 1.65. The van der Waals surface area contributed by atoms with Crippen molar-refractivity contribution in [2.45, 2.75) is 0 Å². The Labute approximate surface area is 153 Å². The summed E-state index contributed by atoms with van der Waals surface area (Å²) in [6.07, 6.45) is 3.45. The molecule has 0 saturated carbocycles. The van der Waals surface area contributed by atoms with Gasteiger partial charge in [0.15, 0.2) is 0 Å². The molecule has 4 rings (SSSR count). The molecule has 2 aromatic heterocycles. The number of piperazine rings is 1. The number of aromatic nitrogens is 2. The number of hydrogen-bond donors (Lipinski definition) is 2. The van der Waals surface area contributed by atoms with E-state index in [1.54, 1.807) is 12.3 Å². The SMILES string of the molecule is NC(=O)c1ccc(N2CCN(P)CC2)cc1Oc1cnc2[nH]ccc2c1. The van der Waals surface area contributed by atoms with Crippen LogP contribution in [0.3, 0.4) is 0 Å². The van der Waals surface area contributed by atoms with E-state index < -0.39 is 5.91 Å². The van der Waals surface area contributed by atoms with Gasteiger partial charge in [0.1, 0.15) is 17.1 Å². The fraction of sp³-hybridized carbons (Fsp3) is 0.222. The molecule has 0 spiro atoms. The van der Waals surface area contributed by atoms with E-state index in [2.05, 4.69) is 28.9 Å². The topological polar surface area (TPSA) is 87.5 Å². The van der Waals surface area contributed by atoms with Gasteiger partial charge in [-0.15, -0.1) is 0 Å². The first-order valence-corrected chi connectivity index (χ1v) is 8.91. The fourth-order valence-electron chi connectivity index (χ4n) is 3.08. The summed E-state index contributed by atoms with van der Waals surface area (Å²) in [5.41, 5.74) is 7.68. The van der Waals surface area contributed by atoms with Crippen molar-refractivity contribution in [3.63, 3.8) is 0 Å². The molecule has 1 unspecified atom stereocenters. The average Bonchev–Trinajstić information content (AvgIpc) is 3.10. The molecule has 134 valence electrons. The Morgan fingerprint density at radius 3 is 2.77 bits per heavy atom. The molecule has 1 aliphatic heterocycles. The summed E-state index contributed by atoms with van der Waals surface area (Å²) >= 11 is 0. The van der Waals surface area contributed by atoms with Gasteiger partial charge in [0.05, 0.1) is 11.8 Å². The lowest BCUT2D eigenvalue weighted by atomic mass is 10.1. The minimum Gasteiger partial charge on any atom is -0.455 e. The van der Waals surface area contributed by atoms with Gasteiger partial charge in [0.2, 0.25) is 0 Å². The standard InChI is InChI=1S/C18H20N5O2P/c19-17(24)15-2-1-13(22-5-7-23(26)8-6-22)10-16(15)25-14-9-12-3-4-20-18(12)21-11-14/h1-4,9-11H,5-8,26H2,(H2,19,24)(H,20,21). The Hall–Kier alpha value is -2.63. The third-order valence-electron chi connectivity index (χ3n) is 4.51. The first kappa shape index (κ1) is 16.8. The van der Waals surface area contributed by atoms with Gasteiger partial charge in [-0.05, 0) is 24.3 Å². The van der Waals surface area contributed by atoms with Crippen LogP contribution in [0.5, 0.6) is 11.5 Å². The van der Waals surface area contributed by atoms with E-state index >= 15 is 0 Å². The third kappa shape index (κ3) is 3.36. The second-order valence-corrected chi connectivity index (χ2v) is 6.99.